The minimum Gasteiger partial charge on any atom is -0.493 e. The fraction of sp³-hybridized carbons (Fsp3) is 0.375. The van der Waals surface area contributed by atoms with E-state index in [1.54, 1.807) is 12.7 Å². The quantitative estimate of drug-likeness (QED) is 0.225. The lowest BCUT2D eigenvalue weighted by atomic mass is 10.1. The van der Waals surface area contributed by atoms with Crippen molar-refractivity contribution in [3.63, 3.8) is 0 Å². The second kappa shape index (κ2) is 13.7. The Morgan fingerprint density at radius 1 is 1.09 bits per heavy atom. The van der Waals surface area contributed by atoms with E-state index in [4.69, 9.17) is 9.73 Å². The molecule has 0 aliphatic rings. The van der Waals surface area contributed by atoms with Crippen molar-refractivity contribution in [1.82, 2.24) is 25.4 Å². The van der Waals surface area contributed by atoms with Crippen molar-refractivity contribution in [1.29, 1.82) is 0 Å². The molecule has 0 aliphatic heterocycles. The Hall–Kier alpha value is -2.62. The zero-order chi connectivity index (χ0) is 21.9. The van der Waals surface area contributed by atoms with Crippen LogP contribution < -0.4 is 15.4 Å². The van der Waals surface area contributed by atoms with Gasteiger partial charge in [-0.3, -0.25) is 0 Å². The molecule has 7 nitrogen and oxygen atoms in total. The molecule has 0 fully saturated rings. The summed E-state index contributed by atoms with van der Waals surface area (Å²) in [4.78, 5) is 8.76. The van der Waals surface area contributed by atoms with E-state index in [2.05, 4.69) is 84.0 Å². The molecule has 0 amide bonds. The molecule has 172 valence electrons. The predicted molar refractivity (Wildman–Crippen MR) is 140 cm³/mol. The number of benzene rings is 2. The predicted octanol–water partition coefficient (Wildman–Crippen LogP) is 4.30. The van der Waals surface area contributed by atoms with Crippen LogP contribution in [0.2, 0.25) is 0 Å². The van der Waals surface area contributed by atoms with Gasteiger partial charge in [-0.1, -0.05) is 43.3 Å². The number of hydrogen-bond donors (Lipinski definition) is 2. The SMILES string of the molecule is CCCOc1cc(C)ccc1CNC(=NCc1cccc(Cn2cncn2)c1)NCC.I. The zero-order valence-electron chi connectivity index (χ0n) is 19.0. The summed E-state index contributed by atoms with van der Waals surface area (Å²) >= 11 is 0. The number of nitrogens with one attached hydrogen (secondary N) is 2. The Balaban J connectivity index is 0.00000363. The molecule has 32 heavy (non-hydrogen) atoms. The molecule has 8 heteroatoms. The van der Waals surface area contributed by atoms with Crippen LogP contribution in [0.5, 0.6) is 5.75 Å². The van der Waals surface area contributed by atoms with Crippen molar-refractivity contribution >= 4 is 29.9 Å². The summed E-state index contributed by atoms with van der Waals surface area (Å²) in [7, 11) is 0. The molecule has 3 aromatic rings. The summed E-state index contributed by atoms with van der Waals surface area (Å²) in [5.41, 5.74) is 4.64. The monoisotopic (exact) mass is 548 g/mol. The Morgan fingerprint density at radius 3 is 2.69 bits per heavy atom. The number of rotatable bonds is 10. The second-order valence-electron chi connectivity index (χ2n) is 7.42. The maximum absolute atomic E-state index is 5.93. The lowest BCUT2D eigenvalue weighted by molar-refractivity contribution is 0.313. The third-order valence-corrected chi connectivity index (χ3v) is 4.70. The average Bonchev–Trinajstić information content (AvgIpc) is 3.28. The minimum absolute atomic E-state index is 0. The highest BCUT2D eigenvalue weighted by Gasteiger charge is 2.06. The highest BCUT2D eigenvalue weighted by molar-refractivity contribution is 14.0. The van der Waals surface area contributed by atoms with E-state index < -0.39 is 0 Å². The van der Waals surface area contributed by atoms with E-state index in [-0.39, 0.29) is 24.0 Å². The van der Waals surface area contributed by atoms with Gasteiger partial charge in [0.1, 0.15) is 18.4 Å². The highest BCUT2D eigenvalue weighted by atomic mass is 127. The summed E-state index contributed by atoms with van der Waals surface area (Å²) in [5.74, 6) is 1.72. The standard InChI is InChI=1S/C24H32N6O.HI/c1-4-11-31-23-12-19(3)9-10-22(23)15-28-24(26-5-2)27-14-20-7-6-8-21(13-20)16-30-18-25-17-29-30;/h6-10,12-13,17-18H,4-5,11,14-16H2,1-3H3,(H2,26,27,28);1H. The van der Waals surface area contributed by atoms with Gasteiger partial charge < -0.3 is 15.4 Å². The van der Waals surface area contributed by atoms with Crippen LogP contribution in [-0.4, -0.2) is 33.9 Å². The summed E-state index contributed by atoms with van der Waals surface area (Å²) in [6, 6.07) is 14.7. The summed E-state index contributed by atoms with van der Waals surface area (Å²) < 4.78 is 7.75. The first-order valence-corrected chi connectivity index (χ1v) is 10.8. The highest BCUT2D eigenvalue weighted by Crippen LogP contribution is 2.20. The molecule has 0 aliphatic carbocycles. The van der Waals surface area contributed by atoms with Crippen LogP contribution >= 0.6 is 24.0 Å². The molecule has 1 heterocycles. The Labute approximate surface area is 207 Å². The molecule has 1 aromatic heterocycles. The molecule has 0 spiro atoms. The van der Waals surface area contributed by atoms with E-state index in [0.29, 0.717) is 19.6 Å². The van der Waals surface area contributed by atoms with Crippen LogP contribution in [0.3, 0.4) is 0 Å². The summed E-state index contributed by atoms with van der Waals surface area (Å²) in [6.45, 7) is 9.72. The van der Waals surface area contributed by atoms with Crippen molar-refractivity contribution in [2.75, 3.05) is 13.2 Å². The van der Waals surface area contributed by atoms with Crippen molar-refractivity contribution in [2.45, 2.75) is 46.8 Å². The van der Waals surface area contributed by atoms with Crippen LogP contribution in [-0.2, 0) is 19.6 Å². The van der Waals surface area contributed by atoms with E-state index >= 15 is 0 Å². The normalized spacial score (nSPS) is 11.0. The molecule has 0 unspecified atom stereocenters. The van der Waals surface area contributed by atoms with Crippen LogP contribution in [0.25, 0.3) is 0 Å². The van der Waals surface area contributed by atoms with Gasteiger partial charge in [-0.15, -0.1) is 24.0 Å². The van der Waals surface area contributed by atoms with Crippen molar-refractivity contribution in [3.8, 4) is 5.75 Å². The largest absolute Gasteiger partial charge is 0.493 e. The molecular formula is C24H33IN6O. The van der Waals surface area contributed by atoms with Crippen molar-refractivity contribution in [3.05, 3.63) is 77.4 Å². The Bertz CT molecular complexity index is 974. The van der Waals surface area contributed by atoms with Gasteiger partial charge in [-0.2, -0.15) is 5.10 Å². The number of hydrogen-bond acceptors (Lipinski definition) is 4. The summed E-state index contributed by atoms with van der Waals surface area (Å²) in [6.07, 6.45) is 4.26. The van der Waals surface area contributed by atoms with Crippen molar-refractivity contribution < 1.29 is 4.74 Å². The van der Waals surface area contributed by atoms with E-state index in [1.165, 1.54) is 11.1 Å². The molecule has 2 N–H and O–H groups in total. The number of halogens is 1. The fourth-order valence-corrected chi connectivity index (χ4v) is 3.17. The Kier molecular flexibility index (Phi) is 11.0. The van der Waals surface area contributed by atoms with Crippen LogP contribution in [0.15, 0.2) is 60.1 Å². The number of guanidine groups is 1. The molecule has 0 saturated heterocycles. The van der Waals surface area contributed by atoms with Gasteiger partial charge >= 0.3 is 0 Å². The van der Waals surface area contributed by atoms with Gasteiger partial charge in [-0.05, 0) is 43.0 Å². The molecule has 0 radical (unpaired) electrons. The number of ether oxygens (including phenoxy) is 1. The molecule has 3 rings (SSSR count). The molecular weight excluding hydrogens is 515 g/mol. The number of aliphatic imine (C=N–C) groups is 1. The number of aryl methyl sites for hydroxylation is 1. The number of aromatic nitrogens is 3. The first-order valence-electron chi connectivity index (χ1n) is 10.8. The van der Waals surface area contributed by atoms with Gasteiger partial charge in [0, 0.05) is 18.7 Å². The van der Waals surface area contributed by atoms with E-state index in [0.717, 1.165) is 42.4 Å². The van der Waals surface area contributed by atoms with E-state index in [1.807, 2.05) is 4.68 Å². The van der Waals surface area contributed by atoms with Gasteiger partial charge in [0.25, 0.3) is 0 Å². The maximum Gasteiger partial charge on any atom is 0.191 e. The first-order chi connectivity index (χ1) is 15.2. The van der Waals surface area contributed by atoms with Crippen molar-refractivity contribution in [2.24, 2.45) is 4.99 Å². The van der Waals surface area contributed by atoms with Crippen LogP contribution in [0.1, 0.15) is 42.5 Å². The van der Waals surface area contributed by atoms with Gasteiger partial charge in [0.2, 0.25) is 0 Å². The van der Waals surface area contributed by atoms with E-state index in [9.17, 15) is 0 Å². The lowest BCUT2D eigenvalue weighted by Crippen LogP contribution is -2.36. The topological polar surface area (TPSA) is 76.4 Å². The van der Waals surface area contributed by atoms with Gasteiger partial charge in [0.15, 0.2) is 5.96 Å². The Morgan fingerprint density at radius 2 is 1.94 bits per heavy atom. The van der Waals surface area contributed by atoms with Crippen LogP contribution in [0.4, 0.5) is 0 Å². The second-order valence-corrected chi connectivity index (χ2v) is 7.42. The van der Waals surface area contributed by atoms with Gasteiger partial charge in [-0.25, -0.2) is 14.7 Å². The minimum atomic E-state index is 0. The fourth-order valence-electron chi connectivity index (χ4n) is 3.17. The third kappa shape index (κ3) is 8.14. The molecule has 0 atom stereocenters. The van der Waals surface area contributed by atoms with Crippen LogP contribution in [0, 0.1) is 6.92 Å². The third-order valence-electron chi connectivity index (χ3n) is 4.70. The summed E-state index contributed by atoms with van der Waals surface area (Å²) in [5, 5.41) is 10.9. The number of nitrogens with zero attached hydrogens (tertiary/aromatic N) is 4. The lowest BCUT2D eigenvalue weighted by Gasteiger charge is -2.15. The average molecular weight is 548 g/mol. The first kappa shape index (κ1) is 25.6. The smallest absolute Gasteiger partial charge is 0.191 e. The maximum atomic E-state index is 5.93. The molecule has 0 saturated carbocycles. The molecule has 0 bridgehead atoms. The van der Waals surface area contributed by atoms with Gasteiger partial charge in [0.05, 0.1) is 19.7 Å². The zero-order valence-corrected chi connectivity index (χ0v) is 21.4. The molecule has 2 aromatic carbocycles.